The van der Waals surface area contributed by atoms with Gasteiger partial charge in [0.05, 0.1) is 22.8 Å². The second-order valence-corrected chi connectivity index (χ2v) is 6.92. The van der Waals surface area contributed by atoms with Crippen molar-refractivity contribution < 1.29 is 19.1 Å². The molecule has 2 aromatic rings. The molecule has 1 amide bonds. The Morgan fingerprint density at radius 3 is 2.64 bits per heavy atom. The van der Waals surface area contributed by atoms with Gasteiger partial charge in [0.25, 0.3) is 0 Å². The van der Waals surface area contributed by atoms with Crippen LogP contribution >= 0.6 is 23.1 Å². The standard InChI is InChI=1S/C14H17N5O4S2/c1-5-23-13(22)10-7(2)11(8(3)20)25-12(10)15-9(21)6-24-14-16-17-18-19(14)4/h5-6H2,1-4H3,(H,15,21). The number of thiophene rings is 1. The number of esters is 1. The van der Waals surface area contributed by atoms with Gasteiger partial charge in [-0.05, 0) is 36.8 Å². The molecular weight excluding hydrogens is 366 g/mol. The lowest BCUT2D eigenvalue weighted by Crippen LogP contribution is -2.16. The molecule has 0 spiro atoms. The highest BCUT2D eigenvalue weighted by atomic mass is 32.2. The number of thioether (sulfide) groups is 1. The molecule has 9 nitrogen and oxygen atoms in total. The number of anilines is 1. The largest absolute Gasteiger partial charge is 0.462 e. The first-order chi connectivity index (χ1) is 11.8. The molecule has 11 heteroatoms. The van der Waals surface area contributed by atoms with Gasteiger partial charge in [0.2, 0.25) is 11.1 Å². The molecule has 0 aliphatic heterocycles. The summed E-state index contributed by atoms with van der Waals surface area (Å²) in [6.07, 6.45) is 0. The van der Waals surface area contributed by atoms with Gasteiger partial charge in [-0.1, -0.05) is 11.8 Å². The lowest BCUT2D eigenvalue weighted by Gasteiger charge is -2.06. The molecule has 0 bridgehead atoms. The SMILES string of the molecule is CCOC(=O)c1c(NC(=O)CSc2nnnn2C)sc(C(C)=O)c1C. The first kappa shape index (κ1) is 19.1. The van der Waals surface area contributed by atoms with Crippen LogP contribution in [0.2, 0.25) is 0 Å². The Balaban J connectivity index is 2.18. The van der Waals surface area contributed by atoms with Crippen LogP contribution in [0, 0.1) is 6.92 Å². The zero-order valence-corrected chi connectivity index (χ0v) is 15.8. The molecule has 0 atom stereocenters. The topological polar surface area (TPSA) is 116 Å². The van der Waals surface area contributed by atoms with E-state index in [2.05, 4.69) is 20.8 Å². The molecule has 134 valence electrons. The minimum absolute atomic E-state index is 0.0584. The number of nitrogens with one attached hydrogen (secondary N) is 1. The van der Waals surface area contributed by atoms with Crippen molar-refractivity contribution in [2.45, 2.75) is 25.9 Å². The summed E-state index contributed by atoms with van der Waals surface area (Å²) in [6.45, 7) is 4.96. The number of hydrogen-bond acceptors (Lipinski definition) is 9. The molecule has 0 radical (unpaired) electrons. The number of nitrogens with zero attached hydrogens (tertiary/aromatic N) is 4. The van der Waals surface area contributed by atoms with E-state index in [1.165, 1.54) is 11.6 Å². The average molecular weight is 383 g/mol. The molecule has 0 aliphatic carbocycles. The number of Topliss-reactive ketones (excluding diaryl/α,β-unsaturated/α-hetero) is 1. The Hall–Kier alpha value is -2.27. The number of amides is 1. The molecule has 0 fully saturated rings. The minimum atomic E-state index is -0.566. The van der Waals surface area contributed by atoms with Gasteiger partial charge in [0.1, 0.15) is 5.00 Å². The van der Waals surface area contributed by atoms with Crippen molar-refractivity contribution in [2.24, 2.45) is 7.05 Å². The third kappa shape index (κ3) is 4.42. The van der Waals surface area contributed by atoms with Crippen LogP contribution in [0.25, 0.3) is 0 Å². The fourth-order valence-corrected chi connectivity index (χ4v) is 3.78. The maximum Gasteiger partial charge on any atom is 0.341 e. The quantitative estimate of drug-likeness (QED) is 0.436. The monoisotopic (exact) mass is 383 g/mol. The van der Waals surface area contributed by atoms with Gasteiger partial charge >= 0.3 is 5.97 Å². The summed E-state index contributed by atoms with van der Waals surface area (Å²) in [6, 6.07) is 0. The van der Waals surface area contributed by atoms with Gasteiger partial charge < -0.3 is 10.1 Å². The number of aromatic nitrogens is 4. The fourth-order valence-electron chi connectivity index (χ4n) is 2.02. The lowest BCUT2D eigenvalue weighted by atomic mass is 10.1. The maximum absolute atomic E-state index is 12.2. The van der Waals surface area contributed by atoms with E-state index in [9.17, 15) is 14.4 Å². The third-order valence-electron chi connectivity index (χ3n) is 3.11. The van der Waals surface area contributed by atoms with Crippen molar-refractivity contribution in [2.75, 3.05) is 17.7 Å². The smallest absolute Gasteiger partial charge is 0.341 e. The number of carbonyl (C=O) groups is 3. The number of ketones is 1. The number of ether oxygens (including phenoxy) is 1. The van der Waals surface area contributed by atoms with Crippen molar-refractivity contribution in [1.82, 2.24) is 20.2 Å². The van der Waals surface area contributed by atoms with Crippen LogP contribution in [0.15, 0.2) is 5.16 Å². The summed E-state index contributed by atoms with van der Waals surface area (Å²) >= 11 is 2.23. The van der Waals surface area contributed by atoms with E-state index < -0.39 is 5.97 Å². The summed E-state index contributed by atoms with van der Waals surface area (Å²) < 4.78 is 6.48. The molecule has 0 unspecified atom stereocenters. The number of tetrazole rings is 1. The lowest BCUT2D eigenvalue weighted by molar-refractivity contribution is -0.113. The van der Waals surface area contributed by atoms with Crippen LogP contribution in [0.3, 0.4) is 0 Å². The molecule has 1 N–H and O–H groups in total. The van der Waals surface area contributed by atoms with Crippen molar-refractivity contribution in [3.8, 4) is 0 Å². The predicted molar refractivity (Wildman–Crippen MR) is 93.2 cm³/mol. The Bertz CT molecular complexity index is 814. The van der Waals surface area contributed by atoms with Crippen LogP contribution in [0.5, 0.6) is 0 Å². The van der Waals surface area contributed by atoms with Gasteiger partial charge in [0.15, 0.2) is 5.78 Å². The molecule has 2 rings (SSSR count). The van der Waals surface area contributed by atoms with Crippen molar-refractivity contribution in [3.63, 3.8) is 0 Å². The van der Waals surface area contributed by atoms with E-state index >= 15 is 0 Å². The summed E-state index contributed by atoms with van der Waals surface area (Å²) in [5.41, 5.74) is 0.729. The molecule has 0 aromatic carbocycles. The summed E-state index contributed by atoms with van der Waals surface area (Å²) in [4.78, 5) is 36.5. The molecule has 2 heterocycles. The highest BCUT2D eigenvalue weighted by Crippen LogP contribution is 2.34. The zero-order chi connectivity index (χ0) is 18.6. The number of rotatable bonds is 7. The summed E-state index contributed by atoms with van der Waals surface area (Å²) in [7, 11) is 1.67. The van der Waals surface area contributed by atoms with Gasteiger partial charge in [-0.25, -0.2) is 9.48 Å². The van der Waals surface area contributed by atoms with Crippen molar-refractivity contribution >= 4 is 45.8 Å². The van der Waals surface area contributed by atoms with E-state index in [0.717, 1.165) is 23.1 Å². The molecule has 25 heavy (non-hydrogen) atoms. The average Bonchev–Trinajstić information content (AvgIpc) is 3.09. The highest BCUT2D eigenvalue weighted by molar-refractivity contribution is 7.99. The molecule has 0 saturated heterocycles. The third-order valence-corrected chi connectivity index (χ3v) is 5.43. The van der Waals surface area contributed by atoms with E-state index in [1.807, 2.05) is 0 Å². The van der Waals surface area contributed by atoms with E-state index in [4.69, 9.17) is 4.74 Å². The Kier molecular flexibility index (Phi) is 6.26. The second-order valence-electron chi connectivity index (χ2n) is 4.96. The van der Waals surface area contributed by atoms with Crippen molar-refractivity contribution in [3.05, 3.63) is 16.0 Å². The summed E-state index contributed by atoms with van der Waals surface area (Å²) in [5, 5.41) is 14.4. The Labute approximate surface area is 152 Å². The van der Waals surface area contributed by atoms with Crippen LogP contribution in [-0.4, -0.2) is 50.2 Å². The Morgan fingerprint density at radius 1 is 1.36 bits per heavy atom. The minimum Gasteiger partial charge on any atom is -0.462 e. The number of carbonyl (C=O) groups excluding carboxylic acids is 3. The molecule has 0 aliphatic rings. The van der Waals surface area contributed by atoms with Crippen LogP contribution in [-0.2, 0) is 16.6 Å². The predicted octanol–water partition coefficient (Wildman–Crippen LogP) is 1.69. The van der Waals surface area contributed by atoms with E-state index in [1.54, 1.807) is 20.9 Å². The first-order valence-corrected chi connectivity index (χ1v) is 9.11. The zero-order valence-electron chi connectivity index (χ0n) is 14.2. The van der Waals surface area contributed by atoms with Crippen LogP contribution < -0.4 is 5.32 Å². The van der Waals surface area contributed by atoms with Gasteiger partial charge in [-0.15, -0.1) is 16.4 Å². The van der Waals surface area contributed by atoms with Gasteiger partial charge in [-0.3, -0.25) is 9.59 Å². The molecule has 0 saturated carbocycles. The van der Waals surface area contributed by atoms with Gasteiger partial charge in [-0.2, -0.15) is 0 Å². The fraction of sp³-hybridized carbons (Fsp3) is 0.429. The van der Waals surface area contributed by atoms with Crippen molar-refractivity contribution in [1.29, 1.82) is 0 Å². The van der Waals surface area contributed by atoms with Crippen LogP contribution in [0.1, 0.15) is 39.4 Å². The van der Waals surface area contributed by atoms with Gasteiger partial charge in [0, 0.05) is 7.05 Å². The van der Waals surface area contributed by atoms with E-state index in [-0.39, 0.29) is 29.6 Å². The normalized spacial score (nSPS) is 10.6. The number of hydrogen-bond donors (Lipinski definition) is 1. The number of aryl methyl sites for hydroxylation is 1. The maximum atomic E-state index is 12.2. The van der Waals surface area contributed by atoms with Crippen LogP contribution in [0.4, 0.5) is 5.00 Å². The molecule has 2 aromatic heterocycles. The van der Waals surface area contributed by atoms with E-state index in [0.29, 0.717) is 20.6 Å². The Morgan fingerprint density at radius 2 is 2.08 bits per heavy atom. The summed E-state index contributed by atoms with van der Waals surface area (Å²) in [5.74, 6) is -1.02. The molecular formula is C14H17N5O4S2. The highest BCUT2D eigenvalue weighted by Gasteiger charge is 2.25. The first-order valence-electron chi connectivity index (χ1n) is 7.31. The second kappa shape index (κ2) is 8.21.